The van der Waals surface area contributed by atoms with Gasteiger partial charge in [-0.3, -0.25) is 4.79 Å². The van der Waals surface area contributed by atoms with Gasteiger partial charge in [-0.05, 0) is 49.9 Å². The van der Waals surface area contributed by atoms with Gasteiger partial charge in [0.25, 0.3) is 5.91 Å². The molecule has 1 amide bonds. The first-order valence-electron chi connectivity index (χ1n) is 6.34. The molecule has 0 bridgehead atoms. The fourth-order valence-electron chi connectivity index (χ4n) is 1.85. The molecule has 110 valence electrons. The second kappa shape index (κ2) is 6.07. The van der Waals surface area contributed by atoms with Gasteiger partial charge < -0.3 is 5.32 Å². The first-order valence-corrected chi connectivity index (χ1v) is 7.83. The minimum Gasteiger partial charge on any atom is -0.322 e. The molecule has 0 heterocycles. The van der Waals surface area contributed by atoms with Gasteiger partial charge in [-0.25, -0.2) is 13.1 Å². The third-order valence-corrected chi connectivity index (χ3v) is 4.47. The molecule has 21 heavy (non-hydrogen) atoms. The average molecular weight is 304 g/mol. The van der Waals surface area contributed by atoms with Gasteiger partial charge in [0.2, 0.25) is 10.0 Å². The van der Waals surface area contributed by atoms with Crippen molar-refractivity contribution < 1.29 is 13.2 Å². The number of amides is 1. The Morgan fingerprint density at radius 3 is 2.29 bits per heavy atom. The summed E-state index contributed by atoms with van der Waals surface area (Å²) in [6, 6.07) is 13.4. The maximum Gasteiger partial charge on any atom is 0.255 e. The summed E-state index contributed by atoms with van der Waals surface area (Å²) in [6.45, 7) is 1.75. The Morgan fingerprint density at radius 2 is 1.71 bits per heavy atom. The zero-order valence-corrected chi connectivity index (χ0v) is 12.6. The number of hydrogen-bond acceptors (Lipinski definition) is 3. The first-order chi connectivity index (χ1) is 9.94. The summed E-state index contributed by atoms with van der Waals surface area (Å²) in [5, 5.41) is 2.77. The Hall–Kier alpha value is -2.18. The van der Waals surface area contributed by atoms with E-state index in [1.165, 1.54) is 19.2 Å². The summed E-state index contributed by atoms with van der Waals surface area (Å²) in [5.41, 5.74) is 1.80. The quantitative estimate of drug-likeness (QED) is 0.909. The Kier molecular flexibility index (Phi) is 4.40. The first kappa shape index (κ1) is 15.2. The van der Waals surface area contributed by atoms with Crippen molar-refractivity contribution in [1.82, 2.24) is 4.72 Å². The van der Waals surface area contributed by atoms with Crippen molar-refractivity contribution in [2.75, 3.05) is 12.4 Å². The SMILES string of the molecule is CNS(=O)(=O)c1ccc(NC(=O)c2ccccc2)c(C)c1. The van der Waals surface area contributed by atoms with Gasteiger partial charge in [0, 0.05) is 11.3 Å². The van der Waals surface area contributed by atoms with Crippen LogP contribution < -0.4 is 10.0 Å². The molecular weight excluding hydrogens is 288 g/mol. The number of rotatable bonds is 4. The van der Waals surface area contributed by atoms with E-state index in [1.807, 2.05) is 6.07 Å². The van der Waals surface area contributed by atoms with Crippen molar-refractivity contribution in [3.8, 4) is 0 Å². The zero-order chi connectivity index (χ0) is 15.5. The molecule has 0 saturated carbocycles. The number of benzene rings is 2. The van der Waals surface area contributed by atoms with Gasteiger partial charge >= 0.3 is 0 Å². The summed E-state index contributed by atoms with van der Waals surface area (Å²) < 4.78 is 25.7. The highest BCUT2D eigenvalue weighted by Crippen LogP contribution is 2.20. The van der Waals surface area contributed by atoms with Crippen LogP contribution in [-0.2, 0) is 10.0 Å². The third kappa shape index (κ3) is 3.48. The number of aryl methyl sites for hydroxylation is 1. The molecule has 2 aromatic carbocycles. The normalized spacial score (nSPS) is 11.1. The molecule has 0 aromatic heterocycles. The zero-order valence-electron chi connectivity index (χ0n) is 11.8. The fraction of sp³-hybridized carbons (Fsp3) is 0.133. The molecule has 0 fully saturated rings. The van der Waals surface area contributed by atoms with Crippen LogP contribution >= 0.6 is 0 Å². The number of sulfonamides is 1. The van der Waals surface area contributed by atoms with Crippen molar-refractivity contribution in [3.05, 3.63) is 59.7 Å². The van der Waals surface area contributed by atoms with E-state index in [2.05, 4.69) is 10.0 Å². The standard InChI is InChI=1S/C15H16N2O3S/c1-11-10-13(21(19,20)16-2)8-9-14(11)17-15(18)12-6-4-3-5-7-12/h3-10,16H,1-2H3,(H,17,18). The van der Waals surface area contributed by atoms with E-state index in [1.54, 1.807) is 37.3 Å². The minimum atomic E-state index is -3.48. The molecule has 0 saturated heterocycles. The summed E-state index contributed by atoms with van der Waals surface area (Å²) in [6.07, 6.45) is 0. The van der Waals surface area contributed by atoms with E-state index in [0.717, 1.165) is 0 Å². The van der Waals surface area contributed by atoms with E-state index in [0.29, 0.717) is 16.8 Å². The predicted octanol–water partition coefficient (Wildman–Crippen LogP) is 2.16. The van der Waals surface area contributed by atoms with Crippen molar-refractivity contribution in [3.63, 3.8) is 0 Å². The maximum absolute atomic E-state index is 12.1. The average Bonchev–Trinajstić information content (AvgIpc) is 2.50. The lowest BCUT2D eigenvalue weighted by molar-refractivity contribution is 0.102. The second-order valence-electron chi connectivity index (χ2n) is 4.50. The van der Waals surface area contributed by atoms with Crippen molar-refractivity contribution in [1.29, 1.82) is 0 Å². The van der Waals surface area contributed by atoms with E-state index < -0.39 is 10.0 Å². The Balaban J connectivity index is 2.25. The van der Waals surface area contributed by atoms with Gasteiger partial charge in [0.05, 0.1) is 4.90 Å². The Morgan fingerprint density at radius 1 is 1.05 bits per heavy atom. The molecule has 0 aliphatic carbocycles. The number of carbonyl (C=O) groups excluding carboxylic acids is 1. The molecule has 2 rings (SSSR count). The highest BCUT2D eigenvalue weighted by molar-refractivity contribution is 7.89. The smallest absolute Gasteiger partial charge is 0.255 e. The van der Waals surface area contributed by atoms with E-state index >= 15 is 0 Å². The van der Waals surface area contributed by atoms with Crippen LogP contribution in [0.25, 0.3) is 0 Å². The molecule has 0 radical (unpaired) electrons. The lowest BCUT2D eigenvalue weighted by Gasteiger charge is -2.10. The van der Waals surface area contributed by atoms with Crippen molar-refractivity contribution >= 4 is 21.6 Å². The van der Waals surface area contributed by atoms with Crippen LogP contribution in [0.1, 0.15) is 15.9 Å². The van der Waals surface area contributed by atoms with Gasteiger partial charge in [0.1, 0.15) is 0 Å². The summed E-state index contributed by atoms with van der Waals surface area (Å²) in [5.74, 6) is -0.233. The monoisotopic (exact) mass is 304 g/mol. The van der Waals surface area contributed by atoms with Crippen LogP contribution in [0.2, 0.25) is 0 Å². The second-order valence-corrected chi connectivity index (χ2v) is 6.39. The van der Waals surface area contributed by atoms with Gasteiger partial charge in [-0.2, -0.15) is 0 Å². The fourth-order valence-corrected chi connectivity index (χ4v) is 2.66. The largest absolute Gasteiger partial charge is 0.322 e. The van der Waals surface area contributed by atoms with Crippen molar-refractivity contribution in [2.45, 2.75) is 11.8 Å². The number of carbonyl (C=O) groups is 1. The molecular formula is C15H16N2O3S. The van der Waals surface area contributed by atoms with Gasteiger partial charge in [0.15, 0.2) is 0 Å². The van der Waals surface area contributed by atoms with Gasteiger partial charge in [-0.1, -0.05) is 18.2 Å². The Bertz CT molecular complexity index is 756. The number of hydrogen-bond donors (Lipinski definition) is 2. The highest BCUT2D eigenvalue weighted by atomic mass is 32.2. The predicted molar refractivity (Wildman–Crippen MR) is 81.8 cm³/mol. The molecule has 6 heteroatoms. The van der Waals surface area contributed by atoms with Crippen molar-refractivity contribution in [2.24, 2.45) is 0 Å². The molecule has 5 nitrogen and oxygen atoms in total. The molecule has 2 N–H and O–H groups in total. The van der Waals surface area contributed by atoms with E-state index in [4.69, 9.17) is 0 Å². The Labute approximate surface area is 124 Å². The van der Waals surface area contributed by atoms with Crippen LogP contribution in [0.4, 0.5) is 5.69 Å². The van der Waals surface area contributed by atoms with E-state index in [-0.39, 0.29) is 10.8 Å². The van der Waals surface area contributed by atoms with Crippen LogP contribution in [0, 0.1) is 6.92 Å². The van der Waals surface area contributed by atoms with Crippen LogP contribution in [0.3, 0.4) is 0 Å². The molecule has 0 aliphatic rings. The summed E-state index contributed by atoms with van der Waals surface area (Å²) in [7, 11) is -2.12. The van der Waals surface area contributed by atoms with Crippen LogP contribution in [-0.4, -0.2) is 21.4 Å². The molecule has 2 aromatic rings. The lowest BCUT2D eigenvalue weighted by atomic mass is 10.1. The lowest BCUT2D eigenvalue weighted by Crippen LogP contribution is -2.19. The van der Waals surface area contributed by atoms with Crippen LogP contribution in [0.15, 0.2) is 53.4 Å². The molecule has 0 unspecified atom stereocenters. The molecule has 0 atom stereocenters. The molecule has 0 aliphatic heterocycles. The number of nitrogens with one attached hydrogen (secondary N) is 2. The van der Waals surface area contributed by atoms with E-state index in [9.17, 15) is 13.2 Å². The van der Waals surface area contributed by atoms with Crippen LogP contribution in [0.5, 0.6) is 0 Å². The minimum absolute atomic E-state index is 0.167. The highest BCUT2D eigenvalue weighted by Gasteiger charge is 2.13. The topological polar surface area (TPSA) is 75.3 Å². The van der Waals surface area contributed by atoms with Gasteiger partial charge in [-0.15, -0.1) is 0 Å². The summed E-state index contributed by atoms with van der Waals surface area (Å²) in [4.78, 5) is 12.2. The molecule has 0 spiro atoms. The summed E-state index contributed by atoms with van der Waals surface area (Å²) >= 11 is 0. The number of anilines is 1. The maximum atomic E-state index is 12.1. The third-order valence-electron chi connectivity index (χ3n) is 3.06.